The van der Waals surface area contributed by atoms with E-state index < -0.39 is 9.04 Å². The van der Waals surface area contributed by atoms with Crippen LogP contribution in [0.3, 0.4) is 0 Å². The van der Waals surface area contributed by atoms with E-state index in [1.807, 2.05) is 24.3 Å². The molecule has 0 radical (unpaired) electrons. The van der Waals surface area contributed by atoms with Crippen molar-refractivity contribution in [1.82, 2.24) is 0 Å². The van der Waals surface area contributed by atoms with Crippen LogP contribution in [0.2, 0.25) is 13.1 Å². The van der Waals surface area contributed by atoms with Gasteiger partial charge in [0, 0.05) is 28.1 Å². The van der Waals surface area contributed by atoms with Crippen LogP contribution < -0.4 is 13.9 Å². The summed E-state index contributed by atoms with van der Waals surface area (Å²) in [5.41, 5.74) is 4.25. The predicted octanol–water partition coefficient (Wildman–Crippen LogP) is 5.73. The molecule has 0 spiro atoms. The summed E-state index contributed by atoms with van der Waals surface area (Å²) in [6.07, 6.45) is 0. The molecule has 3 aromatic rings. The van der Waals surface area contributed by atoms with Crippen molar-refractivity contribution in [2.75, 3.05) is 14.2 Å². The Balaban J connectivity index is 2.18. The molecule has 0 aliphatic heterocycles. The maximum atomic E-state index is 13.4. The fourth-order valence-electron chi connectivity index (χ4n) is 4.23. The van der Waals surface area contributed by atoms with Crippen LogP contribution in [0, 0.1) is 0 Å². The van der Waals surface area contributed by atoms with Crippen LogP contribution in [-0.4, -0.2) is 29.0 Å². The van der Waals surface area contributed by atoms with E-state index in [-0.39, 0.29) is 11.2 Å². The Kier molecular flexibility index (Phi) is 4.89. The van der Waals surface area contributed by atoms with Crippen molar-refractivity contribution in [2.45, 2.75) is 39.3 Å². The highest BCUT2D eigenvalue weighted by molar-refractivity contribution is 6.49. The first-order chi connectivity index (χ1) is 14.2. The molecule has 0 heterocycles. The lowest BCUT2D eigenvalue weighted by Gasteiger charge is -2.25. The quantitative estimate of drug-likeness (QED) is 0.396. The number of ketones is 1. The molecule has 4 rings (SSSR count). The second-order valence-electron chi connectivity index (χ2n) is 9.05. The number of carbonyl (C=O) groups excluding carboxylic acids is 1. The highest BCUT2D eigenvalue weighted by Gasteiger charge is 2.33. The number of benzene rings is 3. The molecule has 5 heteroatoms. The number of carbonyl (C=O) groups is 1. The van der Waals surface area contributed by atoms with Crippen LogP contribution in [0.4, 0.5) is 0 Å². The molecular formula is C25H28O4Si. The van der Waals surface area contributed by atoms with Gasteiger partial charge >= 0.3 is 0 Å². The highest BCUT2D eigenvalue weighted by atomic mass is 28.3. The van der Waals surface area contributed by atoms with Crippen molar-refractivity contribution in [3.8, 4) is 28.4 Å². The van der Waals surface area contributed by atoms with Crippen LogP contribution in [0.5, 0.6) is 17.2 Å². The number of hydrogen-bond acceptors (Lipinski definition) is 4. The highest BCUT2D eigenvalue weighted by Crippen LogP contribution is 2.49. The summed E-state index contributed by atoms with van der Waals surface area (Å²) in [5, 5.41) is 2.07. The number of methoxy groups -OCH3 is 2. The summed E-state index contributed by atoms with van der Waals surface area (Å²) in [6.45, 7) is 10.8. The summed E-state index contributed by atoms with van der Waals surface area (Å²) in [7, 11) is 1.89. The molecule has 0 unspecified atom stereocenters. The van der Waals surface area contributed by atoms with E-state index in [0.717, 1.165) is 44.5 Å². The van der Waals surface area contributed by atoms with E-state index in [0.29, 0.717) is 11.3 Å². The third-order valence-electron chi connectivity index (χ3n) is 5.57. The molecule has 0 bridgehead atoms. The van der Waals surface area contributed by atoms with Crippen molar-refractivity contribution in [3.63, 3.8) is 0 Å². The van der Waals surface area contributed by atoms with E-state index in [9.17, 15) is 4.79 Å². The summed E-state index contributed by atoms with van der Waals surface area (Å²) in [6, 6.07) is 11.8. The van der Waals surface area contributed by atoms with Gasteiger partial charge in [-0.2, -0.15) is 0 Å². The third-order valence-corrected chi connectivity index (χ3v) is 6.29. The average Bonchev–Trinajstić information content (AvgIpc) is 2.97. The molecule has 0 amide bonds. The van der Waals surface area contributed by atoms with Crippen molar-refractivity contribution in [3.05, 3.63) is 53.1 Å². The van der Waals surface area contributed by atoms with Crippen molar-refractivity contribution >= 4 is 25.6 Å². The van der Waals surface area contributed by atoms with Gasteiger partial charge in [-0.1, -0.05) is 20.8 Å². The molecule has 0 N–H and O–H groups in total. The Morgan fingerprint density at radius 2 is 1.53 bits per heavy atom. The zero-order valence-electron chi connectivity index (χ0n) is 18.7. The maximum Gasteiger partial charge on any atom is 0.229 e. The van der Waals surface area contributed by atoms with E-state index in [2.05, 4.69) is 46.0 Å². The molecule has 0 atom stereocenters. The summed E-state index contributed by atoms with van der Waals surface area (Å²) in [4.78, 5) is 13.4. The molecule has 4 nitrogen and oxygen atoms in total. The normalized spacial score (nSPS) is 12.9. The largest absolute Gasteiger partial charge is 0.546 e. The topological polar surface area (TPSA) is 44.8 Å². The Bertz CT molecular complexity index is 1170. The summed E-state index contributed by atoms with van der Waals surface area (Å²) >= 11 is 0. The zero-order valence-corrected chi connectivity index (χ0v) is 19.8. The van der Waals surface area contributed by atoms with E-state index in [1.165, 1.54) is 0 Å². The van der Waals surface area contributed by atoms with Gasteiger partial charge in [0.1, 0.15) is 17.2 Å². The van der Waals surface area contributed by atoms with Crippen LogP contribution in [0.1, 0.15) is 42.3 Å². The van der Waals surface area contributed by atoms with E-state index >= 15 is 0 Å². The van der Waals surface area contributed by atoms with Gasteiger partial charge in [0.25, 0.3) is 0 Å². The van der Waals surface area contributed by atoms with Crippen LogP contribution >= 0.6 is 0 Å². The predicted molar refractivity (Wildman–Crippen MR) is 124 cm³/mol. The number of ether oxygens (including phenoxy) is 2. The first-order valence-corrected chi connectivity index (χ1v) is 13.0. The van der Waals surface area contributed by atoms with Gasteiger partial charge in [0.05, 0.1) is 14.2 Å². The SMILES string of the molecule is COc1ccc2c(c1)C(=O)c1cc(C(C)(C)C)c3cc(OC)cc(O[SiH](C)C)c3c1-2. The standard InChI is InChI=1S/C25H28O4Si/c1-25(2,3)20-13-19-22(16-9-8-14(27-4)10-17(16)24(19)26)23-18(20)11-15(28-5)12-21(23)29-30(6)7/h8-13,30H,1-7H3. The molecule has 0 fully saturated rings. The van der Waals surface area contributed by atoms with Crippen LogP contribution in [-0.2, 0) is 5.41 Å². The Morgan fingerprint density at radius 1 is 0.833 bits per heavy atom. The summed E-state index contributed by atoms with van der Waals surface area (Å²) in [5.74, 6) is 2.28. The number of fused-ring (bicyclic) bond motifs is 5. The Hall–Kier alpha value is -2.79. The molecule has 156 valence electrons. The average molecular weight is 421 g/mol. The molecule has 0 saturated heterocycles. The minimum atomic E-state index is -1.40. The summed E-state index contributed by atoms with van der Waals surface area (Å²) < 4.78 is 17.4. The lowest BCUT2D eigenvalue weighted by atomic mass is 9.80. The smallest absolute Gasteiger partial charge is 0.229 e. The second kappa shape index (κ2) is 7.17. The van der Waals surface area contributed by atoms with Gasteiger partial charge in [-0.3, -0.25) is 4.79 Å². The first kappa shape index (κ1) is 20.5. The van der Waals surface area contributed by atoms with Gasteiger partial charge in [0.2, 0.25) is 9.04 Å². The zero-order chi connectivity index (χ0) is 21.8. The Morgan fingerprint density at radius 3 is 2.13 bits per heavy atom. The van der Waals surface area contributed by atoms with E-state index in [1.54, 1.807) is 14.2 Å². The van der Waals surface area contributed by atoms with Gasteiger partial charge in [-0.15, -0.1) is 0 Å². The van der Waals surface area contributed by atoms with Crippen molar-refractivity contribution in [2.24, 2.45) is 0 Å². The molecule has 0 saturated carbocycles. The lowest BCUT2D eigenvalue weighted by Crippen LogP contribution is -2.15. The molecule has 1 aliphatic rings. The van der Waals surface area contributed by atoms with Gasteiger partial charge < -0.3 is 13.9 Å². The van der Waals surface area contributed by atoms with Gasteiger partial charge in [-0.25, -0.2) is 0 Å². The monoisotopic (exact) mass is 420 g/mol. The lowest BCUT2D eigenvalue weighted by molar-refractivity contribution is 0.104. The first-order valence-electron chi connectivity index (χ1n) is 10.2. The van der Waals surface area contributed by atoms with Gasteiger partial charge in [0.15, 0.2) is 5.78 Å². The van der Waals surface area contributed by atoms with Crippen LogP contribution in [0.15, 0.2) is 36.4 Å². The van der Waals surface area contributed by atoms with Gasteiger partial charge in [-0.05, 0) is 65.4 Å². The molecule has 30 heavy (non-hydrogen) atoms. The third kappa shape index (κ3) is 3.17. The minimum Gasteiger partial charge on any atom is -0.546 e. The van der Waals surface area contributed by atoms with E-state index in [4.69, 9.17) is 13.9 Å². The maximum absolute atomic E-state index is 13.4. The van der Waals surface area contributed by atoms with Crippen molar-refractivity contribution in [1.29, 1.82) is 0 Å². The number of hydrogen-bond donors (Lipinski definition) is 0. The fraction of sp³-hybridized carbons (Fsp3) is 0.320. The Labute approximate surface area is 179 Å². The van der Waals surface area contributed by atoms with Crippen molar-refractivity contribution < 1.29 is 18.7 Å². The molecule has 1 aliphatic carbocycles. The minimum absolute atomic E-state index is 0.0369. The molecular weight excluding hydrogens is 392 g/mol. The second-order valence-corrected chi connectivity index (χ2v) is 11.4. The fourth-order valence-corrected chi connectivity index (χ4v) is 4.93. The number of rotatable bonds is 4. The van der Waals surface area contributed by atoms with Crippen LogP contribution in [0.25, 0.3) is 21.9 Å². The molecule has 0 aromatic heterocycles. The molecule has 3 aromatic carbocycles.